The zero-order chi connectivity index (χ0) is 26.7. The van der Waals surface area contributed by atoms with Crippen molar-refractivity contribution in [1.82, 2.24) is 4.31 Å². The number of halogens is 1. The van der Waals surface area contributed by atoms with E-state index in [-0.39, 0.29) is 10.8 Å². The lowest BCUT2D eigenvalue weighted by Gasteiger charge is -2.33. The first-order valence-corrected chi connectivity index (χ1v) is 13.7. The molecule has 1 heterocycles. The maximum atomic E-state index is 13.0. The summed E-state index contributed by atoms with van der Waals surface area (Å²) in [5.74, 6) is -0.0756. The van der Waals surface area contributed by atoms with Gasteiger partial charge in [-0.15, -0.1) is 0 Å². The first-order chi connectivity index (χ1) is 17.6. The molecule has 0 radical (unpaired) electrons. The molecule has 1 unspecified atom stereocenters. The number of rotatable bonds is 8. The number of benzene rings is 3. The van der Waals surface area contributed by atoms with Crippen LogP contribution in [0.5, 0.6) is 5.75 Å². The fourth-order valence-corrected chi connectivity index (χ4v) is 5.70. The van der Waals surface area contributed by atoms with Crippen molar-refractivity contribution in [3.05, 3.63) is 82.9 Å². The predicted molar refractivity (Wildman–Crippen MR) is 144 cm³/mol. The highest BCUT2D eigenvalue weighted by Gasteiger charge is 2.32. The molecule has 0 aliphatic carbocycles. The molecule has 1 aliphatic heterocycles. The summed E-state index contributed by atoms with van der Waals surface area (Å²) in [7, 11) is -3.61. The molecule has 0 saturated heterocycles. The number of hydrogen-bond donors (Lipinski definition) is 1. The molecule has 0 bridgehead atoms. The van der Waals surface area contributed by atoms with Crippen molar-refractivity contribution in [2.24, 2.45) is 0 Å². The van der Waals surface area contributed by atoms with Crippen LogP contribution in [0.2, 0.25) is 5.02 Å². The zero-order valence-corrected chi connectivity index (χ0v) is 22.3. The fraction of sp³-hybridized carbons (Fsp3) is 0.259. The van der Waals surface area contributed by atoms with Crippen molar-refractivity contribution in [3.8, 4) is 5.75 Å². The highest BCUT2D eigenvalue weighted by atomic mass is 35.5. The van der Waals surface area contributed by atoms with Crippen LogP contribution in [0.25, 0.3) is 0 Å². The molecule has 8 nitrogen and oxygen atoms in total. The number of nitrogens with one attached hydrogen (secondary N) is 1. The van der Waals surface area contributed by atoms with Crippen molar-refractivity contribution in [2.45, 2.75) is 38.3 Å². The van der Waals surface area contributed by atoms with Crippen LogP contribution in [0.4, 0.5) is 11.4 Å². The number of amides is 2. The molecule has 0 aromatic heterocycles. The number of carbonyl (C=O) groups is 2. The van der Waals surface area contributed by atoms with Gasteiger partial charge in [-0.3, -0.25) is 9.59 Å². The Morgan fingerprint density at radius 1 is 1.03 bits per heavy atom. The molecule has 0 spiro atoms. The van der Waals surface area contributed by atoms with Crippen LogP contribution in [0.1, 0.15) is 36.7 Å². The summed E-state index contributed by atoms with van der Waals surface area (Å²) in [6.07, 6.45) is -0.647. The van der Waals surface area contributed by atoms with Crippen molar-refractivity contribution >= 4 is 44.8 Å². The predicted octanol–water partition coefficient (Wildman–Crippen LogP) is 4.94. The number of ether oxygens (including phenoxy) is 1. The zero-order valence-electron chi connectivity index (χ0n) is 20.8. The number of anilines is 2. The van der Waals surface area contributed by atoms with Gasteiger partial charge in [0.05, 0.1) is 17.1 Å². The van der Waals surface area contributed by atoms with Crippen molar-refractivity contribution < 1.29 is 22.7 Å². The normalized spacial score (nSPS) is 15.3. The first kappa shape index (κ1) is 26.7. The quantitative estimate of drug-likeness (QED) is 0.436. The maximum Gasteiger partial charge on any atom is 0.268 e. The summed E-state index contributed by atoms with van der Waals surface area (Å²) < 4.78 is 32.5. The van der Waals surface area contributed by atoms with E-state index < -0.39 is 22.0 Å². The molecule has 1 aliphatic rings. The lowest BCUT2D eigenvalue weighted by molar-refractivity contribution is -0.125. The van der Waals surface area contributed by atoms with Gasteiger partial charge in [-0.2, -0.15) is 4.31 Å². The summed E-state index contributed by atoms with van der Waals surface area (Å²) in [4.78, 5) is 27.6. The Labute approximate surface area is 221 Å². The highest BCUT2D eigenvalue weighted by Crippen LogP contribution is 2.37. The third-order valence-electron chi connectivity index (χ3n) is 6.14. The summed E-state index contributed by atoms with van der Waals surface area (Å²) in [5, 5.41) is 3.43. The minimum absolute atomic E-state index is 0.129. The van der Waals surface area contributed by atoms with E-state index in [2.05, 4.69) is 5.32 Å². The van der Waals surface area contributed by atoms with Crippen LogP contribution in [-0.4, -0.2) is 43.7 Å². The van der Waals surface area contributed by atoms with Crippen LogP contribution in [0.15, 0.2) is 71.6 Å². The van der Waals surface area contributed by atoms with Gasteiger partial charge in [0.15, 0.2) is 6.10 Å². The minimum Gasteiger partial charge on any atom is -0.479 e. The Bertz CT molecular complexity index is 1400. The summed E-state index contributed by atoms with van der Waals surface area (Å²) >= 11 is 5.99. The topological polar surface area (TPSA) is 96.0 Å². The average Bonchev–Trinajstić information content (AvgIpc) is 2.89. The van der Waals surface area contributed by atoms with Gasteiger partial charge in [0.1, 0.15) is 5.75 Å². The standard InChI is InChI=1S/C27H28ClN3O5S/c1-4-30(5-2)37(34,35)23-13-8-20(9-14-23)26(32)29-22-12-15-25-24(16-22)31(27(33)18(3)36-25)17-19-6-10-21(28)11-7-19/h6-16,18H,4-5,17H2,1-3H3,(H,29,32). The smallest absolute Gasteiger partial charge is 0.268 e. The van der Waals surface area contributed by atoms with Gasteiger partial charge < -0.3 is 15.0 Å². The lowest BCUT2D eigenvalue weighted by Crippen LogP contribution is -2.44. The number of sulfonamides is 1. The second kappa shape index (κ2) is 10.9. The molecule has 4 rings (SSSR count). The van der Waals surface area contributed by atoms with E-state index in [0.29, 0.717) is 47.3 Å². The van der Waals surface area contributed by atoms with E-state index in [1.807, 2.05) is 12.1 Å². The van der Waals surface area contributed by atoms with Crippen molar-refractivity contribution in [2.75, 3.05) is 23.3 Å². The molecule has 3 aromatic rings. The van der Waals surface area contributed by atoms with E-state index in [4.69, 9.17) is 16.3 Å². The average molecular weight is 542 g/mol. The van der Waals surface area contributed by atoms with E-state index in [1.54, 1.807) is 56.0 Å². The van der Waals surface area contributed by atoms with Gasteiger partial charge in [-0.25, -0.2) is 8.42 Å². The second-order valence-electron chi connectivity index (χ2n) is 8.56. The van der Waals surface area contributed by atoms with E-state index >= 15 is 0 Å². The maximum absolute atomic E-state index is 13.0. The Hall–Kier alpha value is -3.40. The molecule has 2 amide bonds. The van der Waals surface area contributed by atoms with Gasteiger partial charge >= 0.3 is 0 Å². The third kappa shape index (κ3) is 5.64. The van der Waals surface area contributed by atoms with Gasteiger partial charge in [0, 0.05) is 29.4 Å². The lowest BCUT2D eigenvalue weighted by atomic mass is 10.1. The molecule has 0 saturated carbocycles. The molecule has 1 N–H and O–H groups in total. The van der Waals surface area contributed by atoms with Gasteiger partial charge in [-0.05, 0) is 67.1 Å². The fourth-order valence-electron chi connectivity index (χ4n) is 4.11. The molecule has 1 atom stereocenters. The Morgan fingerprint density at radius 2 is 1.68 bits per heavy atom. The number of fused-ring (bicyclic) bond motifs is 1. The van der Waals surface area contributed by atoms with Crippen LogP contribution in [0.3, 0.4) is 0 Å². The highest BCUT2D eigenvalue weighted by molar-refractivity contribution is 7.89. The summed E-state index contributed by atoms with van der Waals surface area (Å²) in [6.45, 7) is 6.28. The van der Waals surface area contributed by atoms with E-state index in [0.717, 1.165) is 5.56 Å². The van der Waals surface area contributed by atoms with Gasteiger partial charge in [0.25, 0.3) is 11.8 Å². The van der Waals surface area contributed by atoms with Crippen LogP contribution < -0.4 is 15.0 Å². The number of nitrogens with zero attached hydrogens (tertiary/aromatic N) is 2. The molecule has 10 heteroatoms. The first-order valence-electron chi connectivity index (χ1n) is 11.9. The van der Waals surface area contributed by atoms with Gasteiger partial charge in [0.2, 0.25) is 10.0 Å². The monoisotopic (exact) mass is 541 g/mol. The summed E-state index contributed by atoms with van der Waals surface area (Å²) in [6, 6.07) is 18.1. The number of carbonyl (C=O) groups excluding carboxylic acids is 2. The van der Waals surface area contributed by atoms with Crippen LogP contribution in [0, 0.1) is 0 Å². The molecular formula is C27H28ClN3O5S. The van der Waals surface area contributed by atoms with Crippen LogP contribution in [-0.2, 0) is 21.4 Å². The Morgan fingerprint density at radius 3 is 2.30 bits per heavy atom. The molecular weight excluding hydrogens is 514 g/mol. The summed E-state index contributed by atoms with van der Waals surface area (Å²) in [5.41, 5.74) is 2.20. The second-order valence-corrected chi connectivity index (χ2v) is 10.9. The van der Waals surface area contributed by atoms with Crippen molar-refractivity contribution in [3.63, 3.8) is 0 Å². The molecule has 194 valence electrons. The van der Waals surface area contributed by atoms with Gasteiger partial charge in [-0.1, -0.05) is 37.6 Å². The Kier molecular flexibility index (Phi) is 7.87. The molecule has 3 aromatic carbocycles. The number of hydrogen-bond acceptors (Lipinski definition) is 5. The van der Waals surface area contributed by atoms with E-state index in [1.165, 1.54) is 28.6 Å². The van der Waals surface area contributed by atoms with E-state index in [9.17, 15) is 18.0 Å². The molecule has 0 fully saturated rings. The SMILES string of the molecule is CCN(CC)S(=O)(=O)c1ccc(C(=O)Nc2ccc3c(c2)N(Cc2ccc(Cl)cc2)C(=O)C(C)O3)cc1. The minimum atomic E-state index is -3.61. The molecule has 37 heavy (non-hydrogen) atoms. The van der Waals surface area contributed by atoms with Crippen molar-refractivity contribution in [1.29, 1.82) is 0 Å². The largest absolute Gasteiger partial charge is 0.479 e. The third-order valence-corrected chi connectivity index (χ3v) is 8.45. The van der Waals surface area contributed by atoms with Crippen LogP contribution >= 0.6 is 11.6 Å². The Balaban J connectivity index is 1.55.